The van der Waals surface area contributed by atoms with E-state index < -0.39 is 11.3 Å². The van der Waals surface area contributed by atoms with Crippen LogP contribution in [0.5, 0.6) is 5.88 Å². The molecule has 1 amide bonds. The number of amides is 1. The quantitative estimate of drug-likeness (QED) is 0.677. The summed E-state index contributed by atoms with van der Waals surface area (Å²) in [6.07, 6.45) is 3.27. The third kappa shape index (κ3) is 5.03. The lowest BCUT2D eigenvalue weighted by atomic mass is 10.1. The monoisotopic (exact) mass is 347 g/mol. The summed E-state index contributed by atoms with van der Waals surface area (Å²) in [5, 5.41) is 12.1. The highest BCUT2D eigenvalue weighted by atomic mass is 16.5. The number of hydrogen-bond donors (Lipinski definition) is 3. The second kappa shape index (κ2) is 8.62. The molecular formula is C18H25N3O4. The van der Waals surface area contributed by atoms with Crippen LogP contribution in [0, 0.1) is 0 Å². The van der Waals surface area contributed by atoms with E-state index in [1.54, 1.807) is 19.1 Å². The van der Waals surface area contributed by atoms with Crippen LogP contribution in [0.25, 0.3) is 11.0 Å². The summed E-state index contributed by atoms with van der Waals surface area (Å²) in [4.78, 5) is 32.1. The van der Waals surface area contributed by atoms with Crippen LogP contribution < -0.4 is 15.5 Å². The number of aromatic nitrogens is 2. The van der Waals surface area contributed by atoms with Gasteiger partial charge in [-0.1, -0.05) is 0 Å². The molecule has 0 aliphatic heterocycles. The molecule has 2 aromatic rings. The number of hydrogen-bond acceptors (Lipinski definition) is 5. The molecule has 0 aliphatic carbocycles. The lowest BCUT2D eigenvalue weighted by Gasteiger charge is -2.14. The summed E-state index contributed by atoms with van der Waals surface area (Å²) < 4.78 is 5.31. The van der Waals surface area contributed by atoms with Crippen LogP contribution in [0.4, 0.5) is 0 Å². The Hall–Kier alpha value is -2.41. The normalized spacial score (nSPS) is 13.4. The fourth-order valence-corrected chi connectivity index (χ4v) is 2.56. The Labute approximate surface area is 146 Å². The van der Waals surface area contributed by atoms with Gasteiger partial charge in [0, 0.05) is 18.3 Å². The lowest BCUT2D eigenvalue weighted by Crippen LogP contribution is -2.35. The maximum Gasteiger partial charge on any atom is 0.257 e. The van der Waals surface area contributed by atoms with Crippen molar-refractivity contribution >= 4 is 16.9 Å². The molecule has 0 radical (unpaired) electrons. The Kier molecular flexibility index (Phi) is 6.52. The van der Waals surface area contributed by atoms with Gasteiger partial charge in [-0.3, -0.25) is 9.59 Å². The van der Waals surface area contributed by atoms with Gasteiger partial charge in [0.1, 0.15) is 11.1 Å². The molecule has 0 saturated heterocycles. The molecular weight excluding hydrogens is 322 g/mol. The highest BCUT2D eigenvalue weighted by Crippen LogP contribution is 2.12. The van der Waals surface area contributed by atoms with Crippen LogP contribution in [-0.2, 0) is 0 Å². The summed E-state index contributed by atoms with van der Waals surface area (Å²) in [5.41, 5.74) is 0.329. The molecule has 0 fully saturated rings. The molecule has 0 aromatic carbocycles. The van der Waals surface area contributed by atoms with Gasteiger partial charge >= 0.3 is 0 Å². The molecule has 0 aliphatic rings. The third-order valence-corrected chi connectivity index (χ3v) is 3.87. The molecule has 2 unspecified atom stereocenters. The molecule has 3 N–H and O–H groups in total. The first kappa shape index (κ1) is 18.9. The van der Waals surface area contributed by atoms with Crippen molar-refractivity contribution in [1.82, 2.24) is 15.3 Å². The van der Waals surface area contributed by atoms with Crippen LogP contribution in [0.3, 0.4) is 0 Å². The molecule has 7 heteroatoms. The fourth-order valence-electron chi connectivity index (χ4n) is 2.56. The summed E-state index contributed by atoms with van der Waals surface area (Å²) in [7, 11) is 0. The number of carbonyl (C=O) groups is 1. The maximum atomic E-state index is 12.6. The summed E-state index contributed by atoms with van der Waals surface area (Å²) in [6.45, 7) is 5.89. The minimum atomic E-state index is -0.434. The number of aromatic amines is 1. The Morgan fingerprint density at radius 3 is 2.80 bits per heavy atom. The zero-order valence-electron chi connectivity index (χ0n) is 14.8. The summed E-state index contributed by atoms with van der Waals surface area (Å²) >= 11 is 0. The molecule has 25 heavy (non-hydrogen) atoms. The predicted octanol–water partition coefficient (Wildman–Crippen LogP) is 1.99. The van der Waals surface area contributed by atoms with E-state index in [9.17, 15) is 14.7 Å². The number of ether oxygens (including phenoxy) is 1. The number of aliphatic hydroxyl groups excluding tert-OH is 1. The first-order valence-electron chi connectivity index (χ1n) is 8.56. The van der Waals surface area contributed by atoms with E-state index in [0.717, 1.165) is 12.8 Å². The van der Waals surface area contributed by atoms with Gasteiger partial charge in [-0.15, -0.1) is 0 Å². The van der Waals surface area contributed by atoms with Crippen molar-refractivity contribution in [3.8, 4) is 5.88 Å². The van der Waals surface area contributed by atoms with E-state index in [0.29, 0.717) is 24.4 Å². The van der Waals surface area contributed by atoms with Crippen molar-refractivity contribution in [2.75, 3.05) is 6.61 Å². The molecule has 0 spiro atoms. The number of aliphatic hydroxyl groups is 1. The Balaban J connectivity index is 2.15. The zero-order chi connectivity index (χ0) is 18.4. The number of carbonyl (C=O) groups excluding carboxylic acids is 1. The standard InChI is InChI=1S/C18H25N3O4/c1-4-25-15-9-8-14-16(21-15)17(23)13(10-19-14)18(24)20-11(2)6-5-7-12(3)22/h8-12,22H,4-7H2,1-3H3,(H,19,23)(H,20,24). The van der Waals surface area contributed by atoms with Crippen LogP contribution in [0.2, 0.25) is 0 Å². The van der Waals surface area contributed by atoms with E-state index in [1.165, 1.54) is 6.20 Å². The van der Waals surface area contributed by atoms with Gasteiger partial charge in [-0.25, -0.2) is 4.98 Å². The van der Waals surface area contributed by atoms with E-state index in [2.05, 4.69) is 15.3 Å². The minimum Gasteiger partial charge on any atom is -0.478 e. The average molecular weight is 347 g/mol. The van der Waals surface area contributed by atoms with Crippen LogP contribution in [-0.4, -0.2) is 39.7 Å². The fraction of sp³-hybridized carbons (Fsp3) is 0.500. The molecule has 2 aromatic heterocycles. The van der Waals surface area contributed by atoms with E-state index in [4.69, 9.17) is 4.74 Å². The second-order valence-electron chi connectivity index (χ2n) is 6.16. The van der Waals surface area contributed by atoms with Crippen LogP contribution >= 0.6 is 0 Å². The number of pyridine rings is 2. The third-order valence-electron chi connectivity index (χ3n) is 3.87. The van der Waals surface area contributed by atoms with Crippen LogP contribution in [0.15, 0.2) is 23.1 Å². The largest absolute Gasteiger partial charge is 0.478 e. The van der Waals surface area contributed by atoms with Crippen molar-refractivity contribution < 1.29 is 14.6 Å². The molecule has 2 heterocycles. The average Bonchev–Trinajstić information content (AvgIpc) is 2.55. The van der Waals surface area contributed by atoms with Gasteiger partial charge in [-0.2, -0.15) is 0 Å². The van der Waals surface area contributed by atoms with Gasteiger partial charge in [0.15, 0.2) is 0 Å². The smallest absolute Gasteiger partial charge is 0.257 e. The van der Waals surface area contributed by atoms with E-state index in [-0.39, 0.29) is 23.2 Å². The number of H-pyrrole nitrogens is 1. The second-order valence-corrected chi connectivity index (χ2v) is 6.16. The SMILES string of the molecule is CCOc1ccc2[nH]cc(C(=O)NC(C)CCCC(C)O)c(=O)c2n1. The van der Waals surface area contributed by atoms with Gasteiger partial charge in [0.2, 0.25) is 11.3 Å². The molecule has 2 atom stereocenters. The molecule has 7 nitrogen and oxygen atoms in total. The van der Waals surface area contributed by atoms with Crippen molar-refractivity contribution in [2.45, 2.75) is 52.2 Å². The maximum absolute atomic E-state index is 12.6. The Morgan fingerprint density at radius 1 is 1.36 bits per heavy atom. The number of nitrogens with zero attached hydrogens (tertiary/aromatic N) is 1. The van der Waals surface area contributed by atoms with E-state index in [1.807, 2.05) is 13.8 Å². The Bertz CT molecular complexity index is 785. The molecule has 0 saturated carbocycles. The number of fused-ring (bicyclic) bond motifs is 1. The first-order chi connectivity index (χ1) is 11.9. The first-order valence-corrected chi connectivity index (χ1v) is 8.56. The van der Waals surface area contributed by atoms with Gasteiger partial charge in [0.05, 0.1) is 18.2 Å². The minimum absolute atomic E-state index is 0.0241. The highest BCUT2D eigenvalue weighted by molar-refractivity contribution is 5.96. The van der Waals surface area contributed by atoms with Crippen molar-refractivity contribution in [2.24, 2.45) is 0 Å². The van der Waals surface area contributed by atoms with Gasteiger partial charge in [0.25, 0.3) is 5.91 Å². The van der Waals surface area contributed by atoms with E-state index >= 15 is 0 Å². The van der Waals surface area contributed by atoms with Gasteiger partial charge < -0.3 is 20.1 Å². The lowest BCUT2D eigenvalue weighted by molar-refractivity contribution is 0.0935. The summed E-state index contributed by atoms with van der Waals surface area (Å²) in [6, 6.07) is 3.28. The predicted molar refractivity (Wildman–Crippen MR) is 96.0 cm³/mol. The van der Waals surface area contributed by atoms with Crippen molar-refractivity contribution in [1.29, 1.82) is 0 Å². The van der Waals surface area contributed by atoms with Crippen LogP contribution in [0.1, 0.15) is 50.4 Å². The number of rotatable bonds is 8. The summed E-state index contributed by atoms with van der Waals surface area (Å²) in [5.74, 6) is -0.0825. The molecule has 2 rings (SSSR count). The topological polar surface area (TPSA) is 104 Å². The zero-order valence-corrected chi connectivity index (χ0v) is 14.8. The molecule has 0 bridgehead atoms. The molecule has 136 valence electrons. The van der Waals surface area contributed by atoms with Crippen molar-refractivity contribution in [3.05, 3.63) is 34.1 Å². The van der Waals surface area contributed by atoms with Crippen molar-refractivity contribution in [3.63, 3.8) is 0 Å². The number of nitrogens with one attached hydrogen (secondary N) is 2. The highest BCUT2D eigenvalue weighted by Gasteiger charge is 2.16. The Morgan fingerprint density at radius 2 is 2.12 bits per heavy atom. The van der Waals surface area contributed by atoms with Gasteiger partial charge in [-0.05, 0) is 46.1 Å².